The van der Waals surface area contributed by atoms with Gasteiger partial charge in [-0.15, -0.1) is 0 Å². The molecule has 0 saturated carbocycles. The summed E-state index contributed by atoms with van der Waals surface area (Å²) in [6.07, 6.45) is 3.19. The standard InChI is InChI=1S/C31H41N3O2/c1-5-10-24-13-15-25(16-14-24)26-17-19-28(20-18-26)34(21-29(32)23(3)6-2)31(35)33-30(22-36-4)27-11-8-7-9-12-27/h7-9,11-20,23,29-30H,5-6,10,21-22,32H2,1-4H3,(H,33,35). The van der Waals surface area contributed by atoms with E-state index in [1.807, 2.05) is 42.5 Å². The van der Waals surface area contributed by atoms with Gasteiger partial charge in [-0.3, -0.25) is 4.90 Å². The number of urea groups is 1. The van der Waals surface area contributed by atoms with Crippen LogP contribution in [0.5, 0.6) is 0 Å². The van der Waals surface area contributed by atoms with E-state index in [4.69, 9.17) is 10.5 Å². The normalized spacial score (nSPS) is 13.6. The summed E-state index contributed by atoms with van der Waals surface area (Å²) in [4.78, 5) is 15.4. The van der Waals surface area contributed by atoms with E-state index in [0.29, 0.717) is 19.1 Å². The van der Waals surface area contributed by atoms with Crippen LogP contribution >= 0.6 is 0 Å². The van der Waals surface area contributed by atoms with Crippen molar-refractivity contribution in [2.75, 3.05) is 25.2 Å². The van der Waals surface area contributed by atoms with Crippen LogP contribution in [0.4, 0.5) is 10.5 Å². The fourth-order valence-electron chi connectivity index (χ4n) is 4.29. The van der Waals surface area contributed by atoms with Gasteiger partial charge in [0.05, 0.1) is 12.6 Å². The number of rotatable bonds is 12. The number of hydrogen-bond donors (Lipinski definition) is 2. The van der Waals surface area contributed by atoms with Gasteiger partial charge < -0.3 is 15.8 Å². The summed E-state index contributed by atoms with van der Waals surface area (Å²) in [6.45, 7) is 7.26. The number of hydrogen-bond acceptors (Lipinski definition) is 3. The van der Waals surface area contributed by atoms with Gasteiger partial charge in [0, 0.05) is 25.4 Å². The quantitative estimate of drug-likeness (QED) is 0.303. The Morgan fingerprint density at radius 3 is 2.11 bits per heavy atom. The number of methoxy groups -OCH3 is 1. The molecule has 5 nitrogen and oxygen atoms in total. The Balaban J connectivity index is 1.84. The first kappa shape index (κ1) is 27.4. The van der Waals surface area contributed by atoms with E-state index in [1.165, 1.54) is 5.56 Å². The van der Waals surface area contributed by atoms with Gasteiger partial charge in [-0.1, -0.05) is 100 Å². The largest absolute Gasteiger partial charge is 0.382 e. The summed E-state index contributed by atoms with van der Waals surface area (Å²) in [6, 6.07) is 26.2. The topological polar surface area (TPSA) is 67.6 Å². The third kappa shape index (κ3) is 7.42. The zero-order valence-corrected chi connectivity index (χ0v) is 22.1. The molecular formula is C31H41N3O2. The molecule has 3 atom stereocenters. The van der Waals surface area contributed by atoms with Crippen molar-refractivity contribution in [2.45, 2.75) is 52.1 Å². The molecule has 2 amide bonds. The van der Waals surface area contributed by atoms with Crippen LogP contribution in [0.3, 0.4) is 0 Å². The number of anilines is 1. The number of aryl methyl sites for hydroxylation is 1. The van der Waals surface area contributed by atoms with Gasteiger partial charge in [0.15, 0.2) is 0 Å². The van der Waals surface area contributed by atoms with E-state index in [-0.39, 0.29) is 18.1 Å². The Labute approximate surface area is 216 Å². The number of nitrogens with one attached hydrogen (secondary N) is 1. The molecule has 5 heteroatoms. The summed E-state index contributed by atoms with van der Waals surface area (Å²) in [7, 11) is 1.65. The van der Waals surface area contributed by atoms with Crippen molar-refractivity contribution in [1.29, 1.82) is 0 Å². The second-order valence-corrected chi connectivity index (χ2v) is 9.52. The van der Waals surface area contributed by atoms with Gasteiger partial charge in [0.2, 0.25) is 0 Å². The minimum absolute atomic E-state index is 0.135. The van der Waals surface area contributed by atoms with Crippen molar-refractivity contribution in [1.82, 2.24) is 5.32 Å². The Morgan fingerprint density at radius 2 is 1.56 bits per heavy atom. The summed E-state index contributed by atoms with van der Waals surface area (Å²) in [5, 5.41) is 3.17. The van der Waals surface area contributed by atoms with Gasteiger partial charge in [0.25, 0.3) is 0 Å². The molecule has 0 aromatic heterocycles. The van der Waals surface area contributed by atoms with Crippen molar-refractivity contribution in [2.24, 2.45) is 11.7 Å². The number of amides is 2. The molecule has 3 rings (SSSR count). The van der Waals surface area contributed by atoms with Crippen LogP contribution in [0.15, 0.2) is 78.9 Å². The predicted octanol–water partition coefficient (Wildman–Crippen LogP) is 6.58. The zero-order chi connectivity index (χ0) is 25.9. The highest BCUT2D eigenvalue weighted by atomic mass is 16.5. The average molecular weight is 488 g/mol. The number of carbonyl (C=O) groups is 1. The number of nitrogens with two attached hydrogens (primary N) is 1. The molecule has 36 heavy (non-hydrogen) atoms. The fourth-order valence-corrected chi connectivity index (χ4v) is 4.29. The van der Waals surface area contributed by atoms with Crippen molar-refractivity contribution in [3.63, 3.8) is 0 Å². The minimum Gasteiger partial charge on any atom is -0.382 e. The smallest absolute Gasteiger partial charge is 0.322 e. The van der Waals surface area contributed by atoms with Gasteiger partial charge in [-0.05, 0) is 46.7 Å². The summed E-state index contributed by atoms with van der Waals surface area (Å²) >= 11 is 0. The maximum absolute atomic E-state index is 13.6. The zero-order valence-electron chi connectivity index (χ0n) is 22.1. The fraction of sp³-hybridized carbons (Fsp3) is 0.387. The number of carbonyl (C=O) groups excluding carboxylic acids is 1. The molecule has 0 aliphatic heterocycles. The van der Waals surface area contributed by atoms with E-state index < -0.39 is 0 Å². The predicted molar refractivity (Wildman–Crippen MR) is 150 cm³/mol. The van der Waals surface area contributed by atoms with Crippen molar-refractivity contribution < 1.29 is 9.53 Å². The van der Waals surface area contributed by atoms with Crippen LogP contribution in [0.2, 0.25) is 0 Å². The van der Waals surface area contributed by atoms with E-state index >= 15 is 0 Å². The highest BCUT2D eigenvalue weighted by molar-refractivity contribution is 5.92. The van der Waals surface area contributed by atoms with Gasteiger partial charge in [-0.2, -0.15) is 0 Å². The van der Waals surface area contributed by atoms with E-state index in [1.54, 1.807) is 12.0 Å². The number of nitrogens with zero attached hydrogens (tertiary/aromatic N) is 1. The Bertz CT molecular complexity index is 1050. The number of ether oxygens (including phenoxy) is 1. The molecule has 0 aliphatic rings. The lowest BCUT2D eigenvalue weighted by Gasteiger charge is -2.30. The van der Waals surface area contributed by atoms with Crippen molar-refractivity contribution in [3.8, 4) is 11.1 Å². The molecule has 3 N–H and O–H groups in total. The Hall–Kier alpha value is -3.15. The van der Waals surface area contributed by atoms with Crippen LogP contribution in [-0.2, 0) is 11.2 Å². The van der Waals surface area contributed by atoms with Crippen molar-refractivity contribution >= 4 is 11.7 Å². The van der Waals surface area contributed by atoms with Gasteiger partial charge in [0.1, 0.15) is 0 Å². The summed E-state index contributed by atoms with van der Waals surface area (Å²) in [5.41, 5.74) is 12.0. The molecule has 3 aromatic rings. The number of benzene rings is 3. The molecule has 0 aliphatic carbocycles. The molecule has 3 aromatic carbocycles. The van der Waals surface area contributed by atoms with Crippen molar-refractivity contribution in [3.05, 3.63) is 90.0 Å². The molecule has 0 bridgehead atoms. The lowest BCUT2D eigenvalue weighted by atomic mass is 9.99. The molecule has 0 fully saturated rings. The van der Waals surface area contributed by atoms with Crippen LogP contribution in [-0.4, -0.2) is 32.3 Å². The van der Waals surface area contributed by atoms with E-state index in [2.05, 4.69) is 62.5 Å². The van der Waals surface area contributed by atoms with Crippen LogP contribution < -0.4 is 16.0 Å². The average Bonchev–Trinajstić information content (AvgIpc) is 2.92. The van der Waals surface area contributed by atoms with Crippen LogP contribution in [0, 0.1) is 5.92 Å². The first-order valence-corrected chi connectivity index (χ1v) is 13.0. The molecular weight excluding hydrogens is 446 g/mol. The van der Waals surface area contributed by atoms with Gasteiger partial charge in [-0.25, -0.2) is 4.79 Å². The summed E-state index contributed by atoms with van der Waals surface area (Å²) < 4.78 is 5.41. The maximum atomic E-state index is 13.6. The molecule has 0 heterocycles. The Morgan fingerprint density at radius 1 is 0.944 bits per heavy atom. The second-order valence-electron chi connectivity index (χ2n) is 9.52. The third-order valence-electron chi connectivity index (χ3n) is 6.85. The van der Waals surface area contributed by atoms with Gasteiger partial charge >= 0.3 is 6.03 Å². The minimum atomic E-state index is -0.257. The van der Waals surface area contributed by atoms with Crippen LogP contribution in [0.25, 0.3) is 11.1 Å². The molecule has 3 unspecified atom stereocenters. The third-order valence-corrected chi connectivity index (χ3v) is 6.85. The van der Waals surface area contributed by atoms with E-state index in [0.717, 1.165) is 41.6 Å². The highest BCUT2D eigenvalue weighted by Gasteiger charge is 2.24. The first-order chi connectivity index (χ1) is 17.5. The van der Waals surface area contributed by atoms with E-state index in [9.17, 15) is 4.79 Å². The molecule has 0 radical (unpaired) electrons. The Kier molecular flexibility index (Phi) is 10.5. The first-order valence-electron chi connectivity index (χ1n) is 13.0. The maximum Gasteiger partial charge on any atom is 0.322 e. The summed E-state index contributed by atoms with van der Waals surface area (Å²) in [5.74, 6) is 0.296. The molecule has 0 saturated heterocycles. The second kappa shape index (κ2) is 13.8. The lowest BCUT2D eigenvalue weighted by molar-refractivity contribution is 0.167. The highest BCUT2D eigenvalue weighted by Crippen LogP contribution is 2.25. The monoisotopic (exact) mass is 487 g/mol. The van der Waals surface area contributed by atoms with Crippen LogP contribution in [0.1, 0.15) is 50.8 Å². The lowest BCUT2D eigenvalue weighted by Crippen LogP contribution is -2.49. The molecule has 0 spiro atoms. The molecule has 192 valence electrons. The SMILES string of the molecule is CCCc1ccc(-c2ccc(N(CC(N)C(C)CC)C(=O)NC(COC)c3ccccc3)cc2)cc1.